The SMILES string of the molecule is Fc1cccc(COc2ccc(OCc3cccc(F)c3)cc2)c1. The first-order valence-corrected chi connectivity index (χ1v) is 7.53. The van der Waals surface area contributed by atoms with Gasteiger partial charge in [0.2, 0.25) is 0 Å². The van der Waals surface area contributed by atoms with Crippen LogP contribution in [0.15, 0.2) is 72.8 Å². The van der Waals surface area contributed by atoms with E-state index < -0.39 is 0 Å². The molecule has 0 aromatic heterocycles. The molecule has 3 aromatic rings. The highest BCUT2D eigenvalue weighted by Crippen LogP contribution is 2.20. The molecule has 0 aliphatic heterocycles. The van der Waals surface area contributed by atoms with Gasteiger partial charge in [0.25, 0.3) is 0 Å². The molecule has 3 aromatic carbocycles. The minimum absolute atomic E-state index is 0.280. The van der Waals surface area contributed by atoms with Crippen LogP contribution in [-0.2, 0) is 13.2 Å². The van der Waals surface area contributed by atoms with Gasteiger partial charge in [0.15, 0.2) is 0 Å². The molecule has 122 valence electrons. The summed E-state index contributed by atoms with van der Waals surface area (Å²) in [6, 6.07) is 19.7. The first-order chi connectivity index (χ1) is 11.7. The molecular formula is C20H16F2O2. The summed E-state index contributed by atoms with van der Waals surface area (Å²) in [4.78, 5) is 0. The Hall–Kier alpha value is -2.88. The molecule has 24 heavy (non-hydrogen) atoms. The van der Waals surface area contributed by atoms with E-state index in [0.29, 0.717) is 24.7 Å². The fraction of sp³-hybridized carbons (Fsp3) is 0.100. The Bertz CT molecular complexity index is 732. The van der Waals surface area contributed by atoms with Crippen LogP contribution in [0.2, 0.25) is 0 Å². The highest BCUT2D eigenvalue weighted by Gasteiger charge is 2.01. The van der Waals surface area contributed by atoms with Gasteiger partial charge in [-0.3, -0.25) is 0 Å². The summed E-state index contributed by atoms with van der Waals surface area (Å²) in [6.07, 6.45) is 0. The molecule has 0 fully saturated rings. The highest BCUT2D eigenvalue weighted by molar-refractivity contribution is 5.32. The third kappa shape index (κ3) is 4.56. The third-order valence-corrected chi connectivity index (χ3v) is 3.41. The zero-order valence-corrected chi connectivity index (χ0v) is 12.9. The van der Waals surface area contributed by atoms with E-state index in [2.05, 4.69) is 0 Å². The Morgan fingerprint density at radius 3 is 1.38 bits per heavy atom. The van der Waals surface area contributed by atoms with Crippen LogP contribution in [0.3, 0.4) is 0 Å². The van der Waals surface area contributed by atoms with E-state index in [1.807, 2.05) is 0 Å². The predicted molar refractivity (Wildman–Crippen MR) is 87.9 cm³/mol. The van der Waals surface area contributed by atoms with E-state index >= 15 is 0 Å². The van der Waals surface area contributed by atoms with Gasteiger partial charge >= 0.3 is 0 Å². The van der Waals surface area contributed by atoms with Crippen molar-refractivity contribution in [2.75, 3.05) is 0 Å². The topological polar surface area (TPSA) is 18.5 Å². The van der Waals surface area contributed by atoms with Crippen molar-refractivity contribution in [3.63, 3.8) is 0 Å². The van der Waals surface area contributed by atoms with Crippen LogP contribution in [0.25, 0.3) is 0 Å². The highest BCUT2D eigenvalue weighted by atomic mass is 19.1. The Balaban J connectivity index is 1.53. The molecule has 0 aliphatic rings. The summed E-state index contributed by atoms with van der Waals surface area (Å²) in [5, 5.41) is 0. The number of benzene rings is 3. The average molecular weight is 326 g/mol. The van der Waals surface area contributed by atoms with Crippen molar-refractivity contribution in [2.45, 2.75) is 13.2 Å². The first-order valence-electron chi connectivity index (χ1n) is 7.53. The molecule has 0 saturated heterocycles. The van der Waals surface area contributed by atoms with Crippen LogP contribution in [0.4, 0.5) is 8.78 Å². The van der Waals surface area contributed by atoms with Gasteiger partial charge in [0, 0.05) is 0 Å². The minimum Gasteiger partial charge on any atom is -0.489 e. The molecular weight excluding hydrogens is 310 g/mol. The van der Waals surface area contributed by atoms with Gasteiger partial charge in [0.05, 0.1) is 0 Å². The first kappa shape index (κ1) is 16.0. The van der Waals surface area contributed by atoms with Crippen LogP contribution in [0.1, 0.15) is 11.1 Å². The molecule has 0 N–H and O–H groups in total. The van der Waals surface area contributed by atoms with Crippen LogP contribution in [-0.4, -0.2) is 0 Å². The van der Waals surface area contributed by atoms with Gasteiger partial charge in [0.1, 0.15) is 36.3 Å². The Labute approximate surface area is 139 Å². The molecule has 0 bridgehead atoms. The average Bonchev–Trinajstić information content (AvgIpc) is 2.59. The van der Waals surface area contributed by atoms with E-state index in [0.717, 1.165) is 11.1 Å². The van der Waals surface area contributed by atoms with Crippen molar-refractivity contribution in [1.82, 2.24) is 0 Å². The van der Waals surface area contributed by atoms with Crippen molar-refractivity contribution >= 4 is 0 Å². The predicted octanol–water partition coefficient (Wildman–Crippen LogP) is 5.12. The molecule has 0 heterocycles. The second-order valence-corrected chi connectivity index (χ2v) is 5.31. The van der Waals surface area contributed by atoms with Crippen LogP contribution >= 0.6 is 0 Å². The summed E-state index contributed by atoms with van der Waals surface area (Å²) < 4.78 is 37.4. The second-order valence-electron chi connectivity index (χ2n) is 5.31. The lowest BCUT2D eigenvalue weighted by Gasteiger charge is -2.09. The number of hydrogen-bond donors (Lipinski definition) is 0. The van der Waals surface area contributed by atoms with E-state index in [9.17, 15) is 8.78 Å². The Morgan fingerprint density at radius 1 is 0.583 bits per heavy atom. The van der Waals surface area contributed by atoms with Crippen LogP contribution in [0, 0.1) is 11.6 Å². The molecule has 3 rings (SSSR count). The van der Waals surface area contributed by atoms with Crippen molar-refractivity contribution in [3.8, 4) is 11.5 Å². The Kier molecular flexibility index (Phi) is 5.06. The maximum Gasteiger partial charge on any atom is 0.123 e. The zero-order valence-electron chi connectivity index (χ0n) is 12.9. The number of ether oxygens (including phenoxy) is 2. The fourth-order valence-electron chi connectivity index (χ4n) is 2.22. The van der Waals surface area contributed by atoms with E-state index in [-0.39, 0.29) is 11.6 Å². The molecule has 0 spiro atoms. The molecule has 4 heteroatoms. The zero-order chi connectivity index (χ0) is 16.8. The van der Waals surface area contributed by atoms with E-state index in [1.165, 1.54) is 24.3 Å². The van der Waals surface area contributed by atoms with Gasteiger partial charge in [-0.25, -0.2) is 8.78 Å². The number of halogens is 2. The summed E-state index contributed by atoms with van der Waals surface area (Å²) >= 11 is 0. The lowest BCUT2D eigenvalue weighted by molar-refractivity contribution is 0.296. The maximum absolute atomic E-state index is 13.1. The van der Waals surface area contributed by atoms with E-state index in [4.69, 9.17) is 9.47 Å². The van der Waals surface area contributed by atoms with Crippen molar-refractivity contribution in [3.05, 3.63) is 95.6 Å². The van der Waals surface area contributed by atoms with Gasteiger partial charge in [-0.05, 0) is 59.7 Å². The summed E-state index contributed by atoms with van der Waals surface area (Å²) in [5.41, 5.74) is 1.53. The van der Waals surface area contributed by atoms with E-state index in [1.54, 1.807) is 48.5 Å². The smallest absolute Gasteiger partial charge is 0.123 e. The monoisotopic (exact) mass is 326 g/mol. The van der Waals surface area contributed by atoms with Crippen molar-refractivity contribution in [2.24, 2.45) is 0 Å². The van der Waals surface area contributed by atoms with Gasteiger partial charge in [-0.2, -0.15) is 0 Å². The minimum atomic E-state index is -0.280. The number of hydrogen-bond acceptors (Lipinski definition) is 2. The summed E-state index contributed by atoms with van der Waals surface area (Å²) in [7, 11) is 0. The van der Waals surface area contributed by atoms with Gasteiger partial charge in [-0.15, -0.1) is 0 Å². The molecule has 0 radical (unpaired) electrons. The lowest BCUT2D eigenvalue weighted by atomic mass is 10.2. The normalized spacial score (nSPS) is 10.4. The van der Waals surface area contributed by atoms with Gasteiger partial charge < -0.3 is 9.47 Å². The Morgan fingerprint density at radius 2 is 1.00 bits per heavy atom. The molecule has 0 saturated carbocycles. The molecule has 2 nitrogen and oxygen atoms in total. The molecule has 0 unspecified atom stereocenters. The van der Waals surface area contributed by atoms with Crippen molar-refractivity contribution < 1.29 is 18.3 Å². The third-order valence-electron chi connectivity index (χ3n) is 3.41. The summed E-state index contributed by atoms with van der Waals surface area (Å²) in [5.74, 6) is 0.768. The largest absolute Gasteiger partial charge is 0.489 e. The number of rotatable bonds is 6. The van der Waals surface area contributed by atoms with Crippen LogP contribution < -0.4 is 9.47 Å². The summed E-state index contributed by atoms with van der Waals surface area (Å²) in [6.45, 7) is 0.586. The molecule has 0 amide bonds. The fourth-order valence-corrected chi connectivity index (χ4v) is 2.22. The van der Waals surface area contributed by atoms with Gasteiger partial charge in [-0.1, -0.05) is 24.3 Å². The maximum atomic E-state index is 13.1. The van der Waals surface area contributed by atoms with Crippen molar-refractivity contribution in [1.29, 1.82) is 0 Å². The standard InChI is InChI=1S/C20H16F2O2/c21-17-5-1-3-15(11-17)13-23-19-7-9-20(10-8-19)24-14-16-4-2-6-18(22)12-16/h1-12H,13-14H2. The molecule has 0 aliphatic carbocycles. The lowest BCUT2D eigenvalue weighted by Crippen LogP contribution is -1.97. The van der Waals surface area contributed by atoms with Crippen LogP contribution in [0.5, 0.6) is 11.5 Å². The second kappa shape index (κ2) is 7.59. The quantitative estimate of drug-likeness (QED) is 0.626. The molecule has 0 atom stereocenters.